The highest BCUT2D eigenvalue weighted by atomic mass is 32.2. The molecule has 1 aromatic rings. The van der Waals surface area contributed by atoms with Gasteiger partial charge in [0.1, 0.15) is 0 Å². The van der Waals surface area contributed by atoms with Crippen LogP contribution in [0.25, 0.3) is 0 Å². The van der Waals surface area contributed by atoms with Crippen LogP contribution in [0.4, 0.5) is 0 Å². The van der Waals surface area contributed by atoms with Crippen molar-refractivity contribution in [3.8, 4) is 5.88 Å². The van der Waals surface area contributed by atoms with Gasteiger partial charge in [-0.05, 0) is 26.3 Å². The van der Waals surface area contributed by atoms with Crippen LogP contribution in [0.3, 0.4) is 0 Å². The highest BCUT2D eigenvalue weighted by Gasteiger charge is 2.36. The number of hydrogen-bond acceptors (Lipinski definition) is 5. The smallest absolute Gasteiger partial charge is 0.216 e. The van der Waals surface area contributed by atoms with Gasteiger partial charge in [-0.1, -0.05) is 0 Å². The Balaban J connectivity index is 2.38. The molecule has 1 aromatic heterocycles. The molecule has 2 unspecified atom stereocenters. The summed E-state index contributed by atoms with van der Waals surface area (Å²) in [6.07, 6.45) is 0.686. The first-order chi connectivity index (χ1) is 8.89. The van der Waals surface area contributed by atoms with Crippen molar-refractivity contribution in [1.82, 2.24) is 15.1 Å². The Kier molecular flexibility index (Phi) is 3.87. The fourth-order valence-corrected chi connectivity index (χ4v) is 4.80. The van der Waals surface area contributed by atoms with Gasteiger partial charge in [0.05, 0.1) is 29.9 Å². The van der Waals surface area contributed by atoms with Crippen molar-refractivity contribution in [2.24, 2.45) is 13.0 Å². The van der Waals surface area contributed by atoms with Crippen molar-refractivity contribution in [3.05, 3.63) is 11.3 Å². The standard InChI is InChI=1S/C12H21N3O3S/c1-8-10(12(18-4)15(3)14-8)11(13-2)9-5-6-19(16,17)7-9/h9,11,13H,5-7H2,1-4H3. The van der Waals surface area contributed by atoms with E-state index in [0.29, 0.717) is 12.3 Å². The Morgan fingerprint density at radius 1 is 1.53 bits per heavy atom. The molecule has 0 aromatic carbocycles. The largest absolute Gasteiger partial charge is 0.481 e. The highest BCUT2D eigenvalue weighted by Crippen LogP contribution is 2.37. The van der Waals surface area contributed by atoms with Crippen LogP contribution >= 0.6 is 0 Å². The molecule has 1 N–H and O–H groups in total. The van der Waals surface area contributed by atoms with Gasteiger partial charge < -0.3 is 10.1 Å². The molecule has 108 valence electrons. The van der Waals surface area contributed by atoms with Gasteiger partial charge in [-0.25, -0.2) is 13.1 Å². The average molecular weight is 287 g/mol. The summed E-state index contributed by atoms with van der Waals surface area (Å²) in [5, 5.41) is 7.59. The van der Waals surface area contributed by atoms with Crippen LogP contribution in [0.1, 0.15) is 23.7 Å². The van der Waals surface area contributed by atoms with Gasteiger partial charge in [-0.2, -0.15) is 5.10 Å². The summed E-state index contributed by atoms with van der Waals surface area (Å²) in [7, 11) is 2.39. The molecule has 0 amide bonds. The lowest BCUT2D eigenvalue weighted by atomic mass is 9.92. The lowest BCUT2D eigenvalue weighted by molar-refractivity contribution is 0.348. The van der Waals surface area contributed by atoms with Crippen LogP contribution in [0.2, 0.25) is 0 Å². The predicted octanol–water partition coefficient (Wildman–Crippen LogP) is 0.432. The number of nitrogens with one attached hydrogen (secondary N) is 1. The van der Waals surface area contributed by atoms with Crippen molar-refractivity contribution in [2.45, 2.75) is 19.4 Å². The Morgan fingerprint density at radius 2 is 2.21 bits per heavy atom. The van der Waals surface area contributed by atoms with Crippen molar-refractivity contribution < 1.29 is 13.2 Å². The van der Waals surface area contributed by atoms with E-state index >= 15 is 0 Å². The third-order valence-electron chi connectivity index (χ3n) is 3.77. The van der Waals surface area contributed by atoms with E-state index in [0.717, 1.165) is 11.3 Å². The SMILES string of the molecule is CNC(c1c(C)nn(C)c1OC)C1CCS(=O)(=O)C1. The number of aryl methyl sites for hydroxylation is 2. The first-order valence-electron chi connectivity index (χ1n) is 6.34. The molecule has 1 aliphatic rings. The van der Waals surface area contributed by atoms with E-state index in [1.165, 1.54) is 0 Å². The number of methoxy groups -OCH3 is 1. The van der Waals surface area contributed by atoms with Crippen LogP contribution in [0.15, 0.2) is 0 Å². The van der Waals surface area contributed by atoms with Crippen molar-refractivity contribution in [2.75, 3.05) is 25.7 Å². The minimum Gasteiger partial charge on any atom is -0.481 e. The van der Waals surface area contributed by atoms with Crippen molar-refractivity contribution >= 4 is 9.84 Å². The maximum atomic E-state index is 11.7. The minimum absolute atomic E-state index is 0.0408. The molecule has 1 aliphatic heterocycles. The van der Waals surface area contributed by atoms with Gasteiger partial charge in [0.25, 0.3) is 0 Å². The second-order valence-electron chi connectivity index (χ2n) is 5.06. The Hall–Kier alpha value is -1.08. The van der Waals surface area contributed by atoms with E-state index < -0.39 is 9.84 Å². The predicted molar refractivity (Wildman–Crippen MR) is 73.1 cm³/mol. The van der Waals surface area contributed by atoms with E-state index in [1.54, 1.807) is 11.8 Å². The molecule has 7 heteroatoms. The molecule has 0 aliphatic carbocycles. The third-order valence-corrected chi connectivity index (χ3v) is 5.56. The minimum atomic E-state index is -2.89. The Bertz CT molecular complexity index is 565. The van der Waals surface area contributed by atoms with Gasteiger partial charge >= 0.3 is 0 Å². The van der Waals surface area contributed by atoms with Crippen LogP contribution < -0.4 is 10.1 Å². The number of sulfone groups is 1. The van der Waals surface area contributed by atoms with Crippen LogP contribution in [-0.4, -0.2) is 43.9 Å². The van der Waals surface area contributed by atoms with Gasteiger partial charge in [0, 0.05) is 13.1 Å². The van der Waals surface area contributed by atoms with E-state index in [-0.39, 0.29) is 23.5 Å². The molecule has 0 radical (unpaired) electrons. The Morgan fingerprint density at radius 3 is 2.68 bits per heavy atom. The van der Waals surface area contributed by atoms with Crippen LogP contribution in [-0.2, 0) is 16.9 Å². The number of hydrogen-bond donors (Lipinski definition) is 1. The van der Waals surface area contributed by atoms with Crippen LogP contribution in [0.5, 0.6) is 5.88 Å². The van der Waals surface area contributed by atoms with Gasteiger partial charge in [-0.15, -0.1) is 0 Å². The summed E-state index contributed by atoms with van der Waals surface area (Å²) < 4.78 is 30.4. The van der Waals surface area contributed by atoms with E-state index in [2.05, 4.69) is 10.4 Å². The molecular formula is C12H21N3O3S. The zero-order valence-electron chi connectivity index (χ0n) is 11.8. The first-order valence-corrected chi connectivity index (χ1v) is 8.17. The molecule has 0 saturated carbocycles. The summed E-state index contributed by atoms with van der Waals surface area (Å²) >= 11 is 0. The van der Waals surface area contributed by atoms with Gasteiger partial charge in [-0.3, -0.25) is 0 Å². The Labute approximate surface area is 114 Å². The zero-order valence-corrected chi connectivity index (χ0v) is 12.6. The molecule has 6 nitrogen and oxygen atoms in total. The summed E-state index contributed by atoms with van der Waals surface area (Å²) in [5.41, 5.74) is 1.84. The zero-order chi connectivity index (χ0) is 14.2. The molecule has 2 heterocycles. The molecule has 0 bridgehead atoms. The molecular weight excluding hydrogens is 266 g/mol. The molecule has 2 rings (SSSR count). The fourth-order valence-electron chi connectivity index (χ4n) is 2.96. The second kappa shape index (κ2) is 5.13. The molecule has 2 atom stereocenters. The van der Waals surface area contributed by atoms with Gasteiger partial charge in [0.15, 0.2) is 9.84 Å². The van der Waals surface area contributed by atoms with E-state index in [9.17, 15) is 8.42 Å². The second-order valence-corrected chi connectivity index (χ2v) is 7.29. The van der Waals surface area contributed by atoms with Crippen molar-refractivity contribution in [1.29, 1.82) is 0 Å². The van der Waals surface area contributed by atoms with Gasteiger partial charge in [0.2, 0.25) is 5.88 Å². The summed E-state index contributed by atoms with van der Waals surface area (Å²) in [4.78, 5) is 0. The molecule has 19 heavy (non-hydrogen) atoms. The fraction of sp³-hybridized carbons (Fsp3) is 0.750. The molecule has 1 fully saturated rings. The monoisotopic (exact) mass is 287 g/mol. The maximum Gasteiger partial charge on any atom is 0.216 e. The average Bonchev–Trinajstić information content (AvgIpc) is 2.81. The number of rotatable bonds is 4. The summed E-state index contributed by atoms with van der Waals surface area (Å²) in [6.45, 7) is 1.92. The number of aromatic nitrogens is 2. The highest BCUT2D eigenvalue weighted by molar-refractivity contribution is 7.91. The number of nitrogens with zero attached hydrogens (tertiary/aromatic N) is 2. The first kappa shape index (κ1) is 14.3. The molecule has 1 saturated heterocycles. The topological polar surface area (TPSA) is 73.2 Å². The maximum absolute atomic E-state index is 11.7. The van der Waals surface area contributed by atoms with E-state index in [4.69, 9.17) is 4.74 Å². The third kappa shape index (κ3) is 2.62. The molecule has 0 spiro atoms. The quantitative estimate of drug-likeness (QED) is 0.869. The lowest BCUT2D eigenvalue weighted by Gasteiger charge is -2.22. The normalized spacial score (nSPS) is 23.5. The van der Waals surface area contributed by atoms with E-state index in [1.807, 2.05) is 21.0 Å². The lowest BCUT2D eigenvalue weighted by Crippen LogP contribution is -2.27. The summed E-state index contributed by atoms with van der Waals surface area (Å²) in [6, 6.07) is -0.0408. The summed E-state index contributed by atoms with van der Waals surface area (Å²) in [5.74, 6) is 1.28. The number of ether oxygens (including phenoxy) is 1. The van der Waals surface area contributed by atoms with Crippen LogP contribution in [0, 0.1) is 12.8 Å². The van der Waals surface area contributed by atoms with Crippen molar-refractivity contribution in [3.63, 3.8) is 0 Å².